The number of amides is 1. The van der Waals surface area contributed by atoms with Crippen molar-refractivity contribution in [3.63, 3.8) is 0 Å². The molecule has 3 N–H and O–H groups in total. The van der Waals surface area contributed by atoms with Crippen molar-refractivity contribution in [2.24, 2.45) is 5.84 Å². The highest BCUT2D eigenvalue weighted by Gasteiger charge is 2.24. The molecule has 0 radical (unpaired) electrons. The van der Waals surface area contributed by atoms with Gasteiger partial charge in [-0.25, -0.2) is 0 Å². The predicted octanol–water partition coefficient (Wildman–Crippen LogP) is 2.69. The summed E-state index contributed by atoms with van der Waals surface area (Å²) in [5.74, 6) is 5.53. The highest BCUT2D eigenvalue weighted by molar-refractivity contribution is 5.96. The van der Waals surface area contributed by atoms with Gasteiger partial charge in [0, 0.05) is 23.8 Å². The van der Waals surface area contributed by atoms with Crippen LogP contribution >= 0.6 is 0 Å². The van der Waals surface area contributed by atoms with Gasteiger partial charge in [-0.15, -0.1) is 0 Å². The third-order valence-corrected chi connectivity index (χ3v) is 3.94. The molecule has 1 aliphatic heterocycles. The van der Waals surface area contributed by atoms with Gasteiger partial charge in [-0.3, -0.25) is 10.6 Å². The highest BCUT2D eigenvalue weighted by Crippen LogP contribution is 2.21. The van der Waals surface area contributed by atoms with Crippen LogP contribution in [0.15, 0.2) is 18.2 Å². The first-order chi connectivity index (χ1) is 9.13. The van der Waals surface area contributed by atoms with E-state index in [9.17, 15) is 4.79 Å². The van der Waals surface area contributed by atoms with Gasteiger partial charge < -0.3 is 10.3 Å². The third kappa shape index (κ3) is 3.07. The van der Waals surface area contributed by atoms with Crippen LogP contribution in [0, 0.1) is 6.92 Å². The van der Waals surface area contributed by atoms with Crippen molar-refractivity contribution in [1.29, 1.82) is 0 Å². The molecule has 1 saturated heterocycles. The first kappa shape index (κ1) is 13.9. The SMILES string of the molecule is Cc1cc(NN)ccc1C(=O)N1CCCCCC1C. The third-order valence-electron chi connectivity index (χ3n) is 3.94. The zero-order valence-corrected chi connectivity index (χ0v) is 11.8. The number of anilines is 1. The molecule has 19 heavy (non-hydrogen) atoms. The average Bonchev–Trinajstić information content (AvgIpc) is 2.62. The number of benzene rings is 1. The molecule has 1 aliphatic rings. The van der Waals surface area contributed by atoms with Gasteiger partial charge in [-0.2, -0.15) is 0 Å². The van der Waals surface area contributed by atoms with E-state index in [1.807, 2.05) is 30.0 Å². The number of hydrazine groups is 1. The van der Waals surface area contributed by atoms with Crippen LogP contribution in [0.5, 0.6) is 0 Å². The maximum absolute atomic E-state index is 12.7. The average molecular weight is 261 g/mol. The van der Waals surface area contributed by atoms with Crippen molar-refractivity contribution in [2.45, 2.75) is 45.6 Å². The highest BCUT2D eigenvalue weighted by atomic mass is 16.2. The van der Waals surface area contributed by atoms with Crippen molar-refractivity contribution in [3.8, 4) is 0 Å². The Morgan fingerprint density at radius 3 is 2.84 bits per heavy atom. The van der Waals surface area contributed by atoms with Gasteiger partial charge in [0.2, 0.25) is 0 Å². The van der Waals surface area contributed by atoms with E-state index < -0.39 is 0 Å². The summed E-state index contributed by atoms with van der Waals surface area (Å²) in [5, 5.41) is 0. The molecule has 1 fully saturated rings. The second-order valence-corrected chi connectivity index (χ2v) is 5.37. The van der Waals surface area contributed by atoms with Crippen LogP contribution in [0.3, 0.4) is 0 Å². The lowest BCUT2D eigenvalue weighted by Crippen LogP contribution is -2.38. The summed E-state index contributed by atoms with van der Waals surface area (Å²) < 4.78 is 0. The maximum Gasteiger partial charge on any atom is 0.254 e. The minimum absolute atomic E-state index is 0.149. The summed E-state index contributed by atoms with van der Waals surface area (Å²) in [6.07, 6.45) is 4.66. The minimum atomic E-state index is 0.149. The number of nitrogens with zero attached hydrogens (tertiary/aromatic N) is 1. The van der Waals surface area contributed by atoms with Crippen LogP contribution in [-0.2, 0) is 0 Å². The molecule has 0 bridgehead atoms. The normalized spacial score (nSPS) is 19.9. The zero-order chi connectivity index (χ0) is 13.8. The Bertz CT molecular complexity index is 459. The van der Waals surface area contributed by atoms with E-state index in [4.69, 9.17) is 5.84 Å². The van der Waals surface area contributed by atoms with E-state index >= 15 is 0 Å². The molecule has 1 aromatic carbocycles. The first-order valence-electron chi connectivity index (χ1n) is 7.01. The molecule has 0 saturated carbocycles. The molecule has 1 unspecified atom stereocenters. The van der Waals surface area contributed by atoms with Gasteiger partial charge in [0.05, 0.1) is 0 Å². The van der Waals surface area contributed by atoms with Gasteiger partial charge in [-0.1, -0.05) is 12.8 Å². The van der Waals surface area contributed by atoms with Crippen molar-refractivity contribution in [2.75, 3.05) is 12.0 Å². The summed E-state index contributed by atoms with van der Waals surface area (Å²) in [5.41, 5.74) is 5.19. The maximum atomic E-state index is 12.7. The molecular weight excluding hydrogens is 238 g/mol. The number of nitrogen functional groups attached to an aromatic ring is 1. The Labute approximate surface area is 114 Å². The van der Waals surface area contributed by atoms with Crippen LogP contribution in [0.4, 0.5) is 5.69 Å². The van der Waals surface area contributed by atoms with Crippen molar-refractivity contribution >= 4 is 11.6 Å². The van der Waals surface area contributed by atoms with Crippen molar-refractivity contribution in [1.82, 2.24) is 4.90 Å². The minimum Gasteiger partial charge on any atom is -0.336 e. The zero-order valence-electron chi connectivity index (χ0n) is 11.8. The fourth-order valence-electron chi connectivity index (χ4n) is 2.72. The van der Waals surface area contributed by atoms with E-state index in [2.05, 4.69) is 12.3 Å². The Morgan fingerprint density at radius 1 is 1.37 bits per heavy atom. The van der Waals surface area contributed by atoms with Gasteiger partial charge in [0.25, 0.3) is 5.91 Å². The molecular formula is C15H23N3O. The standard InChI is InChI=1S/C15H23N3O/c1-11-10-13(17-16)7-8-14(11)15(19)18-9-5-3-4-6-12(18)2/h7-8,10,12,17H,3-6,9,16H2,1-2H3. The van der Waals surface area contributed by atoms with Crippen LogP contribution in [-0.4, -0.2) is 23.4 Å². The lowest BCUT2D eigenvalue weighted by molar-refractivity contribution is 0.0697. The molecule has 1 heterocycles. The summed E-state index contributed by atoms with van der Waals surface area (Å²) >= 11 is 0. The van der Waals surface area contributed by atoms with E-state index in [1.54, 1.807) is 0 Å². The summed E-state index contributed by atoms with van der Waals surface area (Å²) in [6.45, 7) is 4.97. The Kier molecular flexibility index (Phi) is 4.43. The number of hydrogen-bond donors (Lipinski definition) is 2. The Balaban J connectivity index is 2.22. The summed E-state index contributed by atoms with van der Waals surface area (Å²) in [4.78, 5) is 14.7. The predicted molar refractivity (Wildman–Crippen MR) is 78.0 cm³/mol. The number of rotatable bonds is 2. The van der Waals surface area contributed by atoms with Crippen molar-refractivity contribution < 1.29 is 4.79 Å². The second-order valence-electron chi connectivity index (χ2n) is 5.37. The monoisotopic (exact) mass is 261 g/mol. The quantitative estimate of drug-likeness (QED) is 0.635. The van der Waals surface area contributed by atoms with Crippen molar-refractivity contribution in [3.05, 3.63) is 29.3 Å². The molecule has 1 atom stereocenters. The fourth-order valence-corrected chi connectivity index (χ4v) is 2.72. The molecule has 0 aliphatic carbocycles. The summed E-state index contributed by atoms with van der Waals surface area (Å²) in [6, 6.07) is 5.96. The molecule has 1 amide bonds. The number of likely N-dealkylation sites (tertiary alicyclic amines) is 1. The van der Waals surface area contributed by atoms with Gasteiger partial charge in [-0.05, 0) is 50.5 Å². The first-order valence-corrected chi connectivity index (χ1v) is 7.01. The van der Waals surface area contributed by atoms with Crippen LogP contribution < -0.4 is 11.3 Å². The lowest BCUT2D eigenvalue weighted by Gasteiger charge is -2.28. The topological polar surface area (TPSA) is 58.4 Å². The number of hydrogen-bond acceptors (Lipinski definition) is 3. The number of carbonyl (C=O) groups is 1. The van der Waals surface area contributed by atoms with Crippen LogP contribution in [0.1, 0.15) is 48.5 Å². The molecule has 0 aromatic heterocycles. The molecule has 4 heteroatoms. The van der Waals surface area contributed by atoms with Crippen LogP contribution in [0.2, 0.25) is 0 Å². The molecule has 2 rings (SSSR count). The Morgan fingerprint density at radius 2 is 2.16 bits per heavy atom. The van der Waals surface area contributed by atoms with Crippen LogP contribution in [0.25, 0.3) is 0 Å². The lowest BCUT2D eigenvalue weighted by atomic mass is 10.1. The fraction of sp³-hybridized carbons (Fsp3) is 0.533. The molecule has 1 aromatic rings. The molecule has 0 spiro atoms. The number of aryl methyl sites for hydroxylation is 1. The van der Waals surface area contributed by atoms with Gasteiger partial charge >= 0.3 is 0 Å². The second kappa shape index (κ2) is 6.06. The van der Waals surface area contributed by atoms with E-state index in [1.165, 1.54) is 12.8 Å². The van der Waals surface area contributed by atoms with Gasteiger partial charge in [0.15, 0.2) is 0 Å². The Hall–Kier alpha value is -1.55. The number of nitrogens with two attached hydrogens (primary N) is 1. The van der Waals surface area contributed by atoms with E-state index in [-0.39, 0.29) is 5.91 Å². The largest absolute Gasteiger partial charge is 0.336 e. The summed E-state index contributed by atoms with van der Waals surface area (Å²) in [7, 11) is 0. The smallest absolute Gasteiger partial charge is 0.254 e. The van der Waals surface area contributed by atoms with Gasteiger partial charge in [0.1, 0.15) is 0 Å². The van der Waals surface area contributed by atoms with E-state index in [0.717, 1.165) is 36.2 Å². The van der Waals surface area contributed by atoms with E-state index in [0.29, 0.717) is 6.04 Å². The number of carbonyl (C=O) groups excluding carboxylic acids is 1. The number of nitrogens with one attached hydrogen (secondary N) is 1. The molecule has 4 nitrogen and oxygen atoms in total. The molecule has 104 valence electrons.